The van der Waals surface area contributed by atoms with E-state index in [0.717, 1.165) is 27.7 Å². The van der Waals surface area contributed by atoms with Gasteiger partial charge in [0.05, 0.1) is 0 Å². The molecular formula is C16H24BrClN2S. The second-order valence-electron chi connectivity index (χ2n) is 5.50. The lowest BCUT2D eigenvalue weighted by atomic mass is 10.0. The lowest BCUT2D eigenvalue weighted by molar-refractivity contribution is 0.265. The first-order chi connectivity index (χ1) is 10.1. The van der Waals surface area contributed by atoms with Crippen molar-refractivity contribution in [1.82, 2.24) is 10.2 Å². The average Bonchev–Trinajstić information content (AvgIpc) is 2.49. The Labute approximate surface area is 146 Å². The van der Waals surface area contributed by atoms with E-state index in [4.69, 9.17) is 11.6 Å². The molecule has 21 heavy (non-hydrogen) atoms. The molecule has 2 unspecified atom stereocenters. The number of rotatable bonds is 6. The molecular weight excluding hydrogens is 368 g/mol. The first kappa shape index (κ1) is 17.6. The molecule has 2 nitrogen and oxygen atoms in total. The van der Waals surface area contributed by atoms with Crippen LogP contribution in [0, 0.1) is 0 Å². The minimum Gasteiger partial charge on any atom is -0.313 e. The summed E-state index contributed by atoms with van der Waals surface area (Å²) in [4.78, 5) is 2.60. The summed E-state index contributed by atoms with van der Waals surface area (Å²) in [6.45, 7) is 5.87. The molecule has 1 aliphatic heterocycles. The summed E-state index contributed by atoms with van der Waals surface area (Å²) in [5.41, 5.74) is 1.20. The first-order valence-corrected chi connectivity index (χ1v) is 9.82. The molecule has 1 fully saturated rings. The molecule has 118 valence electrons. The fourth-order valence-corrected chi connectivity index (χ4v) is 4.84. The maximum Gasteiger partial charge on any atom is 0.0465 e. The number of hydrogen-bond donors (Lipinski definition) is 1. The van der Waals surface area contributed by atoms with Crippen LogP contribution >= 0.6 is 39.3 Å². The summed E-state index contributed by atoms with van der Waals surface area (Å²) < 4.78 is 1.03. The van der Waals surface area contributed by atoms with E-state index >= 15 is 0 Å². The Morgan fingerprint density at radius 1 is 1.52 bits per heavy atom. The maximum atomic E-state index is 6.38. The van der Waals surface area contributed by atoms with Crippen molar-refractivity contribution in [3.05, 3.63) is 33.3 Å². The van der Waals surface area contributed by atoms with E-state index in [1.807, 2.05) is 13.1 Å². The molecule has 1 N–H and O–H groups in total. The summed E-state index contributed by atoms with van der Waals surface area (Å²) >= 11 is 12.0. The Morgan fingerprint density at radius 2 is 2.33 bits per heavy atom. The summed E-state index contributed by atoms with van der Waals surface area (Å²) in [5, 5.41) is 5.06. The van der Waals surface area contributed by atoms with E-state index < -0.39 is 0 Å². The van der Waals surface area contributed by atoms with E-state index in [2.05, 4.69) is 57.0 Å². The van der Waals surface area contributed by atoms with Crippen LogP contribution in [0.4, 0.5) is 0 Å². The van der Waals surface area contributed by atoms with Gasteiger partial charge in [-0.25, -0.2) is 0 Å². The summed E-state index contributed by atoms with van der Waals surface area (Å²) in [7, 11) is 2.02. The normalized spacial score (nSPS) is 21.4. The highest BCUT2D eigenvalue weighted by molar-refractivity contribution is 9.10. The van der Waals surface area contributed by atoms with Crippen molar-refractivity contribution in [2.24, 2.45) is 0 Å². The van der Waals surface area contributed by atoms with Gasteiger partial charge in [0.15, 0.2) is 0 Å². The lowest BCUT2D eigenvalue weighted by Crippen LogP contribution is -2.39. The smallest absolute Gasteiger partial charge is 0.0465 e. The second kappa shape index (κ2) is 8.78. The van der Waals surface area contributed by atoms with Crippen LogP contribution in [0.15, 0.2) is 22.7 Å². The molecule has 0 amide bonds. The SMILES string of the molecule is CCC1CN(CCC(NC)c2ccc(Br)cc2Cl)CCS1. The minimum atomic E-state index is 0.320. The van der Waals surface area contributed by atoms with Gasteiger partial charge < -0.3 is 10.2 Å². The van der Waals surface area contributed by atoms with Crippen molar-refractivity contribution in [2.75, 3.05) is 32.4 Å². The van der Waals surface area contributed by atoms with E-state index in [-0.39, 0.29) is 0 Å². The Hall–Kier alpha value is 0.260. The van der Waals surface area contributed by atoms with Crippen molar-refractivity contribution in [3.8, 4) is 0 Å². The molecule has 1 aliphatic rings. The quantitative estimate of drug-likeness (QED) is 0.764. The third-order valence-electron chi connectivity index (χ3n) is 4.10. The number of benzene rings is 1. The van der Waals surface area contributed by atoms with Crippen LogP contribution < -0.4 is 5.32 Å². The van der Waals surface area contributed by atoms with E-state index in [1.54, 1.807) is 0 Å². The molecule has 1 saturated heterocycles. The monoisotopic (exact) mass is 390 g/mol. The third-order valence-corrected chi connectivity index (χ3v) is 6.29. The number of thioether (sulfide) groups is 1. The van der Waals surface area contributed by atoms with Gasteiger partial charge in [0.2, 0.25) is 0 Å². The van der Waals surface area contributed by atoms with Gasteiger partial charge in [-0.1, -0.05) is 40.5 Å². The summed E-state index contributed by atoms with van der Waals surface area (Å²) in [6, 6.07) is 6.48. The molecule has 0 aliphatic carbocycles. The number of halogens is 2. The fraction of sp³-hybridized carbons (Fsp3) is 0.625. The van der Waals surface area contributed by atoms with Crippen LogP contribution in [0.2, 0.25) is 5.02 Å². The Morgan fingerprint density at radius 3 is 3.00 bits per heavy atom. The Kier molecular flexibility index (Phi) is 7.36. The summed E-state index contributed by atoms with van der Waals surface area (Å²) in [5.74, 6) is 1.27. The summed E-state index contributed by atoms with van der Waals surface area (Å²) in [6.07, 6.45) is 2.37. The van der Waals surface area contributed by atoms with Gasteiger partial charge in [0, 0.05) is 46.2 Å². The second-order valence-corrected chi connectivity index (χ2v) is 8.23. The predicted molar refractivity (Wildman–Crippen MR) is 98.5 cm³/mol. The molecule has 0 aromatic heterocycles. The van der Waals surface area contributed by atoms with Crippen LogP contribution in [-0.4, -0.2) is 42.6 Å². The molecule has 1 aromatic rings. The van der Waals surface area contributed by atoms with Crippen LogP contribution in [-0.2, 0) is 0 Å². The predicted octanol–water partition coefficient (Wildman–Crippen LogP) is 4.58. The average molecular weight is 392 g/mol. The molecule has 2 rings (SSSR count). The molecule has 5 heteroatoms. The van der Waals surface area contributed by atoms with Gasteiger partial charge in [-0.15, -0.1) is 0 Å². The van der Waals surface area contributed by atoms with Gasteiger partial charge in [-0.05, 0) is 37.6 Å². The third kappa shape index (κ3) is 5.14. The molecule has 0 saturated carbocycles. The van der Waals surface area contributed by atoms with Crippen molar-refractivity contribution < 1.29 is 0 Å². The highest BCUT2D eigenvalue weighted by Crippen LogP contribution is 2.29. The number of nitrogens with one attached hydrogen (secondary N) is 1. The highest BCUT2D eigenvalue weighted by Gasteiger charge is 2.20. The molecule has 2 atom stereocenters. The molecule has 0 bridgehead atoms. The van der Waals surface area contributed by atoms with Crippen LogP contribution in [0.1, 0.15) is 31.4 Å². The number of hydrogen-bond acceptors (Lipinski definition) is 3. The van der Waals surface area contributed by atoms with Crippen LogP contribution in [0.25, 0.3) is 0 Å². The van der Waals surface area contributed by atoms with Gasteiger partial charge in [0.1, 0.15) is 0 Å². The fourth-order valence-electron chi connectivity index (χ4n) is 2.78. The Bertz CT molecular complexity index is 458. The highest BCUT2D eigenvalue weighted by atomic mass is 79.9. The molecule has 0 spiro atoms. The van der Waals surface area contributed by atoms with Crippen molar-refractivity contribution in [3.63, 3.8) is 0 Å². The van der Waals surface area contributed by atoms with E-state index in [0.29, 0.717) is 6.04 Å². The molecule has 1 aromatic carbocycles. The van der Waals surface area contributed by atoms with Crippen LogP contribution in [0.5, 0.6) is 0 Å². The Balaban J connectivity index is 1.93. The zero-order valence-corrected chi connectivity index (χ0v) is 15.9. The minimum absolute atomic E-state index is 0.320. The van der Waals surface area contributed by atoms with E-state index in [9.17, 15) is 0 Å². The number of nitrogens with zero attached hydrogens (tertiary/aromatic N) is 1. The van der Waals surface area contributed by atoms with Gasteiger partial charge >= 0.3 is 0 Å². The van der Waals surface area contributed by atoms with Gasteiger partial charge in [0.25, 0.3) is 0 Å². The zero-order valence-electron chi connectivity index (χ0n) is 12.7. The first-order valence-electron chi connectivity index (χ1n) is 7.60. The topological polar surface area (TPSA) is 15.3 Å². The maximum absolute atomic E-state index is 6.38. The zero-order chi connectivity index (χ0) is 15.2. The standard InChI is InChI=1S/C16H24BrClN2S/c1-3-13-11-20(8-9-21-13)7-6-16(19-2)14-5-4-12(17)10-15(14)18/h4-5,10,13,16,19H,3,6-9,11H2,1-2H3. The van der Waals surface area contributed by atoms with Gasteiger partial charge in [-0.3, -0.25) is 0 Å². The molecule has 0 radical (unpaired) electrons. The largest absolute Gasteiger partial charge is 0.313 e. The van der Waals surface area contributed by atoms with Crippen molar-refractivity contribution in [2.45, 2.75) is 31.1 Å². The van der Waals surface area contributed by atoms with E-state index in [1.165, 1.54) is 30.8 Å². The molecule has 1 heterocycles. The lowest BCUT2D eigenvalue weighted by Gasteiger charge is -2.33. The van der Waals surface area contributed by atoms with Crippen molar-refractivity contribution in [1.29, 1.82) is 0 Å². The van der Waals surface area contributed by atoms with Crippen LogP contribution in [0.3, 0.4) is 0 Å². The van der Waals surface area contributed by atoms with Gasteiger partial charge in [-0.2, -0.15) is 11.8 Å². The van der Waals surface area contributed by atoms with Crippen molar-refractivity contribution >= 4 is 39.3 Å².